The van der Waals surface area contributed by atoms with Crippen LogP contribution >= 0.6 is 0 Å². The Kier molecular flexibility index (Phi) is 7.50. The fourth-order valence-electron chi connectivity index (χ4n) is 8.73. The van der Waals surface area contributed by atoms with Gasteiger partial charge in [-0.2, -0.15) is 0 Å². The van der Waals surface area contributed by atoms with E-state index in [4.69, 9.17) is 19.4 Å². The maximum absolute atomic E-state index is 6.68. The molecule has 0 saturated carbocycles. The number of hydrogen-bond acceptors (Lipinski definition) is 4. The van der Waals surface area contributed by atoms with Crippen LogP contribution in [0.15, 0.2) is 205 Å². The van der Waals surface area contributed by atoms with E-state index in [-0.39, 0.29) is 0 Å². The van der Waals surface area contributed by atoms with Crippen molar-refractivity contribution >= 4 is 65.4 Å². The minimum atomic E-state index is 0.847. The Labute approximate surface area is 339 Å². The number of aromatic nitrogens is 3. The lowest BCUT2D eigenvalue weighted by atomic mass is 9.95. The summed E-state index contributed by atoms with van der Waals surface area (Å²) in [7, 11) is 0. The molecule has 0 N–H and O–H groups in total. The van der Waals surface area contributed by atoms with Gasteiger partial charge in [0.1, 0.15) is 11.2 Å². The number of pyridine rings is 3. The first-order valence-electron chi connectivity index (χ1n) is 19.9. The Morgan fingerprint density at radius 2 is 0.831 bits per heavy atom. The second-order valence-corrected chi connectivity index (χ2v) is 15.1. The molecule has 12 rings (SSSR count). The summed E-state index contributed by atoms with van der Waals surface area (Å²) in [5.41, 5.74) is 14.8. The van der Waals surface area contributed by atoms with E-state index < -0.39 is 0 Å². The van der Waals surface area contributed by atoms with Gasteiger partial charge in [-0.15, -0.1) is 0 Å². The molecule has 4 heterocycles. The average Bonchev–Trinajstić information content (AvgIpc) is 3.71. The van der Waals surface area contributed by atoms with Crippen LogP contribution in [-0.2, 0) is 0 Å². The molecular formula is C55H33N3O. The predicted octanol–water partition coefficient (Wildman–Crippen LogP) is 14.7. The number of para-hydroxylation sites is 2. The van der Waals surface area contributed by atoms with Crippen LogP contribution in [-0.4, -0.2) is 15.0 Å². The van der Waals surface area contributed by atoms with Gasteiger partial charge in [0.25, 0.3) is 0 Å². The second kappa shape index (κ2) is 13.3. The molecule has 12 aromatic rings. The van der Waals surface area contributed by atoms with E-state index in [0.717, 1.165) is 99.5 Å². The molecule has 0 aliphatic rings. The normalized spacial score (nSPS) is 11.7. The highest BCUT2D eigenvalue weighted by Crippen LogP contribution is 2.42. The van der Waals surface area contributed by atoms with Crippen molar-refractivity contribution in [2.45, 2.75) is 0 Å². The van der Waals surface area contributed by atoms with Crippen LogP contribution in [0.2, 0.25) is 0 Å². The number of furan rings is 1. The highest BCUT2D eigenvalue weighted by molar-refractivity contribution is 6.20. The first-order valence-corrected chi connectivity index (χ1v) is 19.9. The monoisotopic (exact) mass is 751 g/mol. The molecule has 0 aliphatic heterocycles. The molecule has 0 atom stereocenters. The summed E-state index contributed by atoms with van der Waals surface area (Å²) in [5, 5.41) is 7.67. The minimum Gasteiger partial charge on any atom is -0.455 e. The van der Waals surface area contributed by atoms with Crippen molar-refractivity contribution in [2.75, 3.05) is 0 Å². The smallest absolute Gasteiger partial charge is 0.147 e. The van der Waals surface area contributed by atoms with Gasteiger partial charge in [-0.3, -0.25) is 0 Å². The zero-order chi connectivity index (χ0) is 38.9. The molecule has 0 saturated heterocycles. The molecule has 0 bridgehead atoms. The Morgan fingerprint density at radius 3 is 1.58 bits per heavy atom. The first-order chi connectivity index (χ1) is 29.2. The predicted molar refractivity (Wildman–Crippen MR) is 244 cm³/mol. The van der Waals surface area contributed by atoms with Gasteiger partial charge in [-0.25, -0.2) is 15.0 Å². The van der Waals surface area contributed by atoms with Crippen molar-refractivity contribution in [2.24, 2.45) is 0 Å². The summed E-state index contributed by atoms with van der Waals surface area (Å²) in [6, 6.07) is 70.2. The maximum atomic E-state index is 6.68. The molecule has 4 heteroatoms. The quantitative estimate of drug-likeness (QED) is 0.164. The average molecular weight is 752 g/mol. The molecule has 0 aliphatic carbocycles. The van der Waals surface area contributed by atoms with E-state index in [1.807, 2.05) is 30.3 Å². The van der Waals surface area contributed by atoms with Crippen molar-refractivity contribution in [1.29, 1.82) is 0 Å². The van der Waals surface area contributed by atoms with E-state index in [0.29, 0.717) is 0 Å². The van der Waals surface area contributed by atoms with Gasteiger partial charge in [0.05, 0.1) is 39.0 Å². The molecule has 0 spiro atoms. The summed E-state index contributed by atoms with van der Waals surface area (Å²) in [6.45, 7) is 0. The summed E-state index contributed by atoms with van der Waals surface area (Å²) in [6.07, 6.45) is 0. The van der Waals surface area contributed by atoms with Crippen molar-refractivity contribution in [3.05, 3.63) is 200 Å². The molecular weight excluding hydrogens is 719 g/mol. The molecule has 0 amide bonds. The standard InChI is InChI=1S/C55H33N3O/c1-2-11-37(12-3-1)47-32-30-40-28-29-41-31-33-48(57-53(41)52(40)56-47)38-24-20-36(21-25-38)44-17-9-18-46-54(44)58-51(50-45-15-6-7-19-49(45)59-55(46)50)39-26-22-35(23-27-39)43-16-8-13-34-10-4-5-14-42(34)43/h1-33H. The highest BCUT2D eigenvalue weighted by atomic mass is 16.3. The van der Waals surface area contributed by atoms with E-state index in [2.05, 4.69) is 170 Å². The zero-order valence-corrected chi connectivity index (χ0v) is 31.8. The molecule has 8 aromatic carbocycles. The Morgan fingerprint density at radius 1 is 0.305 bits per heavy atom. The zero-order valence-electron chi connectivity index (χ0n) is 31.8. The van der Waals surface area contributed by atoms with Crippen LogP contribution in [0.1, 0.15) is 0 Å². The van der Waals surface area contributed by atoms with E-state index >= 15 is 0 Å². The van der Waals surface area contributed by atoms with Crippen LogP contribution in [0, 0.1) is 0 Å². The second-order valence-electron chi connectivity index (χ2n) is 15.1. The lowest BCUT2D eigenvalue weighted by Crippen LogP contribution is -1.92. The molecule has 4 aromatic heterocycles. The van der Waals surface area contributed by atoms with E-state index in [1.54, 1.807) is 0 Å². The van der Waals surface area contributed by atoms with Crippen LogP contribution in [0.25, 0.3) is 121 Å². The fourth-order valence-corrected chi connectivity index (χ4v) is 8.73. The Hall–Kier alpha value is -7.95. The van der Waals surface area contributed by atoms with Crippen molar-refractivity contribution in [3.8, 4) is 56.0 Å². The Balaban J connectivity index is 0.969. The van der Waals surface area contributed by atoms with Gasteiger partial charge in [0.15, 0.2) is 0 Å². The lowest BCUT2D eigenvalue weighted by molar-refractivity contribution is 0.672. The summed E-state index contributed by atoms with van der Waals surface area (Å²) in [5.74, 6) is 0. The van der Waals surface area contributed by atoms with Crippen molar-refractivity contribution in [1.82, 2.24) is 15.0 Å². The van der Waals surface area contributed by atoms with Crippen molar-refractivity contribution < 1.29 is 4.42 Å². The lowest BCUT2D eigenvalue weighted by Gasteiger charge is -2.12. The fraction of sp³-hybridized carbons (Fsp3) is 0. The van der Waals surface area contributed by atoms with Crippen LogP contribution in [0.3, 0.4) is 0 Å². The number of nitrogens with zero attached hydrogens (tertiary/aromatic N) is 3. The number of rotatable bonds is 5. The van der Waals surface area contributed by atoms with E-state index in [9.17, 15) is 0 Å². The van der Waals surface area contributed by atoms with Crippen molar-refractivity contribution in [3.63, 3.8) is 0 Å². The SMILES string of the molecule is c1ccc(-c2ccc3ccc4ccc(-c5ccc(-c6cccc7c6nc(-c6ccc(-c8cccc9ccccc89)cc6)c6c8ccccc8oc76)cc5)nc4c3n2)cc1. The highest BCUT2D eigenvalue weighted by Gasteiger charge is 2.20. The largest absolute Gasteiger partial charge is 0.455 e. The van der Waals surface area contributed by atoms with Crippen LogP contribution in [0.4, 0.5) is 0 Å². The molecule has 0 unspecified atom stereocenters. The molecule has 0 fully saturated rings. The molecule has 4 nitrogen and oxygen atoms in total. The number of fused-ring (bicyclic) bond motifs is 9. The Bertz CT molecular complexity index is 3590. The van der Waals surface area contributed by atoms with Gasteiger partial charge in [0, 0.05) is 43.8 Å². The third-order valence-electron chi connectivity index (χ3n) is 11.7. The summed E-state index contributed by atoms with van der Waals surface area (Å²) >= 11 is 0. The third kappa shape index (κ3) is 5.49. The van der Waals surface area contributed by atoms with Gasteiger partial charge in [-0.05, 0) is 51.7 Å². The van der Waals surface area contributed by atoms with Gasteiger partial charge < -0.3 is 4.42 Å². The minimum absolute atomic E-state index is 0.847. The van der Waals surface area contributed by atoms with Crippen LogP contribution in [0.5, 0.6) is 0 Å². The molecule has 0 radical (unpaired) electrons. The van der Waals surface area contributed by atoms with Crippen LogP contribution < -0.4 is 0 Å². The third-order valence-corrected chi connectivity index (χ3v) is 11.7. The molecule has 59 heavy (non-hydrogen) atoms. The van der Waals surface area contributed by atoms with E-state index in [1.165, 1.54) is 21.9 Å². The topological polar surface area (TPSA) is 51.8 Å². The number of hydrogen-bond donors (Lipinski definition) is 0. The first kappa shape index (κ1) is 33.2. The number of benzene rings is 8. The molecule has 274 valence electrons. The van der Waals surface area contributed by atoms with Gasteiger partial charge in [0.2, 0.25) is 0 Å². The van der Waals surface area contributed by atoms with Gasteiger partial charge in [-0.1, -0.05) is 176 Å². The van der Waals surface area contributed by atoms with Gasteiger partial charge >= 0.3 is 0 Å². The maximum Gasteiger partial charge on any atom is 0.147 e. The summed E-state index contributed by atoms with van der Waals surface area (Å²) < 4.78 is 6.68. The summed E-state index contributed by atoms with van der Waals surface area (Å²) in [4.78, 5) is 15.8.